The molecular weight excluding hydrogens is 292 g/mol. The molecule has 0 atom stereocenters. The van der Waals surface area contributed by atoms with Crippen LogP contribution in [0.1, 0.15) is 19.4 Å². The maximum Gasteiger partial charge on any atom is 0.243 e. The fraction of sp³-hybridized carbons (Fsp3) is 0.571. The van der Waals surface area contributed by atoms with E-state index in [0.717, 1.165) is 0 Å². The van der Waals surface area contributed by atoms with Gasteiger partial charge in [0.2, 0.25) is 10.0 Å². The van der Waals surface area contributed by atoms with Gasteiger partial charge < -0.3 is 15.2 Å². The van der Waals surface area contributed by atoms with Gasteiger partial charge in [-0.15, -0.1) is 0 Å². The van der Waals surface area contributed by atoms with Gasteiger partial charge in [0.05, 0.1) is 24.2 Å². The predicted molar refractivity (Wildman–Crippen MR) is 79.7 cm³/mol. The van der Waals surface area contributed by atoms with E-state index in [-0.39, 0.29) is 11.4 Å². The lowest BCUT2D eigenvalue weighted by atomic mass is 10.1. The van der Waals surface area contributed by atoms with Crippen LogP contribution in [0.5, 0.6) is 5.75 Å². The van der Waals surface area contributed by atoms with Crippen molar-refractivity contribution in [3.05, 3.63) is 23.8 Å². The highest BCUT2D eigenvalue weighted by Gasteiger charge is 2.35. The third-order valence-electron chi connectivity index (χ3n) is 3.50. The van der Waals surface area contributed by atoms with Crippen LogP contribution in [0, 0.1) is 0 Å². The first kappa shape index (κ1) is 16.2. The maximum absolute atomic E-state index is 12.7. The Morgan fingerprint density at radius 2 is 2.14 bits per heavy atom. The Morgan fingerprint density at radius 3 is 2.71 bits per heavy atom. The first-order chi connectivity index (χ1) is 9.80. The van der Waals surface area contributed by atoms with Crippen molar-refractivity contribution in [1.29, 1.82) is 0 Å². The largest absolute Gasteiger partial charge is 0.496 e. The summed E-state index contributed by atoms with van der Waals surface area (Å²) in [5.74, 6) is 0.596. The fourth-order valence-corrected chi connectivity index (χ4v) is 4.03. The SMILES string of the molecule is COc1ccc(S(=O)(=O)N2CCOC(C)(C)C2)cc1CN. The van der Waals surface area contributed by atoms with E-state index in [9.17, 15) is 8.42 Å². The number of benzene rings is 1. The molecule has 1 aromatic carbocycles. The Balaban J connectivity index is 2.35. The van der Waals surface area contributed by atoms with Gasteiger partial charge in [0.25, 0.3) is 0 Å². The number of hydrogen-bond donors (Lipinski definition) is 1. The highest BCUT2D eigenvalue weighted by Crippen LogP contribution is 2.27. The maximum atomic E-state index is 12.7. The Bertz CT molecular complexity index is 613. The molecule has 0 radical (unpaired) electrons. The lowest BCUT2D eigenvalue weighted by Gasteiger charge is -2.37. The topological polar surface area (TPSA) is 81.9 Å². The Kier molecular flexibility index (Phi) is 4.57. The molecule has 1 heterocycles. The minimum absolute atomic E-state index is 0.223. The number of methoxy groups -OCH3 is 1. The van der Waals surface area contributed by atoms with E-state index in [0.29, 0.717) is 31.0 Å². The van der Waals surface area contributed by atoms with Crippen LogP contribution in [0.25, 0.3) is 0 Å². The molecule has 1 aliphatic rings. The highest BCUT2D eigenvalue weighted by molar-refractivity contribution is 7.89. The Labute approximate surface area is 125 Å². The zero-order chi connectivity index (χ0) is 15.7. The van der Waals surface area contributed by atoms with Gasteiger partial charge in [-0.2, -0.15) is 4.31 Å². The third kappa shape index (κ3) is 3.37. The lowest BCUT2D eigenvalue weighted by molar-refractivity contribution is -0.0640. The molecule has 0 amide bonds. The van der Waals surface area contributed by atoms with Crippen LogP contribution in [-0.2, 0) is 21.3 Å². The summed E-state index contributed by atoms with van der Waals surface area (Å²) in [7, 11) is -2.01. The van der Waals surface area contributed by atoms with E-state index >= 15 is 0 Å². The molecule has 1 saturated heterocycles. The number of hydrogen-bond acceptors (Lipinski definition) is 5. The van der Waals surface area contributed by atoms with Gasteiger partial charge in [-0.3, -0.25) is 0 Å². The molecule has 21 heavy (non-hydrogen) atoms. The average molecular weight is 314 g/mol. The van der Waals surface area contributed by atoms with Crippen molar-refractivity contribution in [3.63, 3.8) is 0 Å². The highest BCUT2D eigenvalue weighted by atomic mass is 32.2. The van der Waals surface area contributed by atoms with E-state index in [1.54, 1.807) is 18.2 Å². The molecule has 0 spiro atoms. The molecule has 0 saturated carbocycles. The van der Waals surface area contributed by atoms with Crippen molar-refractivity contribution < 1.29 is 17.9 Å². The van der Waals surface area contributed by atoms with Crippen molar-refractivity contribution in [2.45, 2.75) is 30.9 Å². The normalized spacial score (nSPS) is 19.4. The van der Waals surface area contributed by atoms with Gasteiger partial charge in [-0.1, -0.05) is 0 Å². The summed E-state index contributed by atoms with van der Waals surface area (Å²) < 4.78 is 37.7. The van der Waals surface area contributed by atoms with Crippen LogP contribution >= 0.6 is 0 Å². The van der Waals surface area contributed by atoms with Crippen LogP contribution in [0.4, 0.5) is 0 Å². The summed E-state index contributed by atoms with van der Waals surface area (Å²) in [5.41, 5.74) is 5.85. The van der Waals surface area contributed by atoms with Crippen LogP contribution < -0.4 is 10.5 Å². The smallest absolute Gasteiger partial charge is 0.243 e. The molecule has 2 rings (SSSR count). The minimum Gasteiger partial charge on any atom is -0.496 e. The van der Waals surface area contributed by atoms with Crippen molar-refractivity contribution in [3.8, 4) is 5.75 Å². The molecule has 2 N–H and O–H groups in total. The zero-order valence-corrected chi connectivity index (χ0v) is 13.4. The van der Waals surface area contributed by atoms with E-state index < -0.39 is 15.6 Å². The van der Waals surface area contributed by atoms with Gasteiger partial charge in [-0.05, 0) is 32.0 Å². The first-order valence-corrected chi connectivity index (χ1v) is 8.25. The zero-order valence-electron chi connectivity index (χ0n) is 12.6. The molecule has 1 aromatic rings. The van der Waals surface area contributed by atoms with Crippen molar-refractivity contribution >= 4 is 10.0 Å². The monoisotopic (exact) mass is 314 g/mol. The summed E-state index contributed by atoms with van der Waals surface area (Å²) in [6.45, 7) is 5.07. The van der Waals surface area contributed by atoms with Gasteiger partial charge in [0.15, 0.2) is 0 Å². The summed E-state index contributed by atoms with van der Waals surface area (Å²) >= 11 is 0. The predicted octanol–water partition coefficient (Wildman–Crippen LogP) is 0.953. The molecule has 0 bridgehead atoms. The van der Waals surface area contributed by atoms with Gasteiger partial charge in [0, 0.05) is 25.2 Å². The van der Waals surface area contributed by atoms with Crippen LogP contribution in [0.2, 0.25) is 0 Å². The summed E-state index contributed by atoms with van der Waals surface area (Å²) in [4.78, 5) is 0.237. The van der Waals surface area contributed by atoms with Gasteiger partial charge >= 0.3 is 0 Å². The molecule has 7 heteroatoms. The first-order valence-electron chi connectivity index (χ1n) is 6.81. The van der Waals surface area contributed by atoms with E-state index in [1.165, 1.54) is 11.4 Å². The molecular formula is C14H22N2O4S. The number of ether oxygens (including phenoxy) is 2. The number of nitrogens with two attached hydrogens (primary N) is 1. The number of morpholine rings is 1. The summed E-state index contributed by atoms with van der Waals surface area (Å²) in [6.07, 6.45) is 0. The molecule has 1 fully saturated rings. The molecule has 0 aliphatic carbocycles. The molecule has 118 valence electrons. The molecule has 6 nitrogen and oxygen atoms in total. The quantitative estimate of drug-likeness (QED) is 0.895. The second kappa shape index (κ2) is 5.92. The summed E-state index contributed by atoms with van der Waals surface area (Å²) in [5, 5.41) is 0. The fourth-order valence-electron chi connectivity index (χ4n) is 2.40. The van der Waals surface area contributed by atoms with Crippen LogP contribution in [0.3, 0.4) is 0 Å². The van der Waals surface area contributed by atoms with Crippen molar-refractivity contribution in [2.75, 3.05) is 26.8 Å². The Hall–Kier alpha value is -1.15. The van der Waals surface area contributed by atoms with E-state index in [1.807, 2.05) is 13.8 Å². The van der Waals surface area contributed by atoms with Gasteiger partial charge in [-0.25, -0.2) is 8.42 Å². The van der Waals surface area contributed by atoms with Crippen molar-refractivity contribution in [1.82, 2.24) is 4.31 Å². The second-order valence-electron chi connectivity index (χ2n) is 5.62. The molecule has 0 unspecified atom stereocenters. The lowest BCUT2D eigenvalue weighted by Crippen LogP contribution is -2.50. The summed E-state index contributed by atoms with van der Waals surface area (Å²) in [6, 6.07) is 4.77. The molecule has 1 aliphatic heterocycles. The second-order valence-corrected chi connectivity index (χ2v) is 7.56. The standard InChI is InChI=1S/C14H22N2O4S/c1-14(2)10-16(6-7-20-14)21(17,18)12-4-5-13(19-3)11(8-12)9-15/h4-5,8H,6-7,9-10,15H2,1-3H3. The third-order valence-corrected chi connectivity index (χ3v) is 5.34. The average Bonchev–Trinajstić information content (AvgIpc) is 2.45. The minimum atomic E-state index is -3.55. The number of sulfonamides is 1. The van der Waals surface area contributed by atoms with Crippen LogP contribution in [-0.4, -0.2) is 45.1 Å². The van der Waals surface area contributed by atoms with Crippen LogP contribution in [0.15, 0.2) is 23.1 Å². The van der Waals surface area contributed by atoms with E-state index in [2.05, 4.69) is 0 Å². The molecule has 0 aromatic heterocycles. The van der Waals surface area contributed by atoms with Crippen molar-refractivity contribution in [2.24, 2.45) is 5.73 Å². The number of nitrogens with zero attached hydrogens (tertiary/aromatic N) is 1. The van der Waals surface area contributed by atoms with Gasteiger partial charge in [0.1, 0.15) is 5.75 Å². The Morgan fingerprint density at radius 1 is 1.43 bits per heavy atom. The van der Waals surface area contributed by atoms with E-state index in [4.69, 9.17) is 15.2 Å². The number of rotatable bonds is 4.